The molecule has 9 heteroatoms. The van der Waals surface area contributed by atoms with Crippen LogP contribution in [0.2, 0.25) is 10.0 Å². The second kappa shape index (κ2) is 8.88. The van der Waals surface area contributed by atoms with Crippen molar-refractivity contribution in [3.8, 4) is 11.5 Å². The number of hydrogen-bond donors (Lipinski definition) is 1. The number of rotatable bonds is 5. The first-order chi connectivity index (χ1) is 15.9. The Morgan fingerprint density at radius 3 is 2.42 bits per heavy atom. The van der Waals surface area contributed by atoms with Gasteiger partial charge in [-0.1, -0.05) is 53.5 Å². The van der Waals surface area contributed by atoms with Crippen molar-refractivity contribution in [3.05, 3.63) is 93.3 Å². The number of nitrogens with one attached hydrogen (secondary N) is 1. The van der Waals surface area contributed by atoms with Crippen LogP contribution >= 0.6 is 46.1 Å². The van der Waals surface area contributed by atoms with Crippen LogP contribution in [0.5, 0.6) is 11.5 Å². The molecule has 5 rings (SSSR count). The van der Waals surface area contributed by atoms with E-state index in [1.54, 1.807) is 30.3 Å². The lowest BCUT2D eigenvalue weighted by molar-refractivity contribution is -0.149. The minimum absolute atomic E-state index is 0.296. The number of hydrazine groups is 1. The van der Waals surface area contributed by atoms with Gasteiger partial charge in [-0.2, -0.15) is 0 Å². The number of carbonyl (C=O) groups is 2. The van der Waals surface area contributed by atoms with Gasteiger partial charge in [0.1, 0.15) is 27.8 Å². The van der Waals surface area contributed by atoms with Gasteiger partial charge < -0.3 is 4.74 Å². The fraction of sp³-hybridized carbons (Fsp3) is 0.0833. The minimum atomic E-state index is -0.776. The van der Waals surface area contributed by atoms with E-state index in [1.807, 2.05) is 42.5 Å². The van der Waals surface area contributed by atoms with Crippen LogP contribution in [0.3, 0.4) is 0 Å². The van der Waals surface area contributed by atoms with Gasteiger partial charge in [0.25, 0.3) is 11.8 Å². The Kier molecular flexibility index (Phi) is 5.93. The Morgan fingerprint density at radius 2 is 1.70 bits per heavy atom. The number of benzene rings is 3. The SMILES string of the molecule is O=C(NN1C(=O)C(Cl)C1c1ccc(Cl)cc1)c1sc2ccc(Oc3ccccc3)cc2c1Cl. The molecular weight excluding hydrogens is 503 g/mol. The molecule has 1 aromatic heterocycles. The van der Waals surface area contributed by atoms with Crippen molar-refractivity contribution in [2.45, 2.75) is 11.4 Å². The Hall–Kier alpha value is -2.77. The number of ether oxygens (including phenoxy) is 1. The van der Waals surface area contributed by atoms with Crippen LogP contribution in [-0.2, 0) is 4.79 Å². The molecule has 0 spiro atoms. The zero-order valence-corrected chi connectivity index (χ0v) is 19.9. The lowest BCUT2D eigenvalue weighted by atomic mass is 9.95. The summed E-state index contributed by atoms with van der Waals surface area (Å²) in [5.41, 5.74) is 3.42. The minimum Gasteiger partial charge on any atom is -0.457 e. The van der Waals surface area contributed by atoms with E-state index >= 15 is 0 Å². The smallest absolute Gasteiger partial charge is 0.281 e. The molecule has 3 aromatic carbocycles. The van der Waals surface area contributed by atoms with Gasteiger partial charge in [-0.15, -0.1) is 22.9 Å². The Labute approximate surface area is 208 Å². The number of nitrogens with zero attached hydrogens (tertiary/aromatic N) is 1. The van der Waals surface area contributed by atoms with Crippen molar-refractivity contribution in [3.63, 3.8) is 0 Å². The van der Waals surface area contributed by atoms with Gasteiger partial charge in [0.15, 0.2) is 0 Å². The molecule has 0 radical (unpaired) electrons. The molecule has 2 heterocycles. The van der Waals surface area contributed by atoms with Crippen LogP contribution in [-0.4, -0.2) is 22.2 Å². The van der Waals surface area contributed by atoms with E-state index in [1.165, 1.54) is 16.3 Å². The second-order valence-corrected chi connectivity index (χ2v) is 9.70. The number of alkyl halides is 1. The summed E-state index contributed by atoms with van der Waals surface area (Å²) in [6, 6.07) is 21.3. The first-order valence-corrected chi connectivity index (χ1v) is 11.9. The van der Waals surface area contributed by atoms with E-state index in [0.29, 0.717) is 31.8 Å². The van der Waals surface area contributed by atoms with Gasteiger partial charge in [0.2, 0.25) is 0 Å². The highest BCUT2D eigenvalue weighted by molar-refractivity contribution is 7.21. The average Bonchev–Trinajstić information content (AvgIpc) is 3.16. The quantitative estimate of drug-likeness (QED) is 0.233. The van der Waals surface area contributed by atoms with Crippen LogP contribution in [0.4, 0.5) is 0 Å². The van der Waals surface area contributed by atoms with Gasteiger partial charge in [-0.3, -0.25) is 15.0 Å². The summed E-state index contributed by atoms with van der Waals surface area (Å²) in [6.07, 6.45) is 0. The molecule has 2 amide bonds. The largest absolute Gasteiger partial charge is 0.457 e. The molecule has 0 aliphatic carbocycles. The van der Waals surface area contributed by atoms with Crippen molar-refractivity contribution in [2.24, 2.45) is 0 Å². The topological polar surface area (TPSA) is 58.6 Å². The van der Waals surface area contributed by atoms with E-state index in [2.05, 4.69) is 5.43 Å². The molecule has 1 aliphatic rings. The molecule has 5 nitrogen and oxygen atoms in total. The predicted molar refractivity (Wildman–Crippen MR) is 131 cm³/mol. The molecule has 1 N–H and O–H groups in total. The molecule has 33 heavy (non-hydrogen) atoms. The van der Waals surface area contributed by atoms with Crippen molar-refractivity contribution in [1.82, 2.24) is 10.4 Å². The highest BCUT2D eigenvalue weighted by Crippen LogP contribution is 2.40. The van der Waals surface area contributed by atoms with Crippen LogP contribution in [0.1, 0.15) is 21.3 Å². The standard InChI is InChI=1S/C24H15Cl3N2O3S/c25-14-8-6-13(7-9-14)21-20(27)24(31)29(21)28-23(30)22-19(26)17-12-16(10-11-18(17)33-22)32-15-4-2-1-3-5-15/h1-12,20-21H,(H,28,30). The summed E-state index contributed by atoms with van der Waals surface area (Å²) in [7, 11) is 0. The molecule has 2 unspecified atom stereocenters. The third-order valence-corrected chi connectivity index (χ3v) is 7.60. The van der Waals surface area contributed by atoms with Crippen LogP contribution < -0.4 is 10.2 Å². The first-order valence-electron chi connectivity index (χ1n) is 9.91. The van der Waals surface area contributed by atoms with E-state index in [9.17, 15) is 9.59 Å². The highest BCUT2D eigenvalue weighted by atomic mass is 35.5. The number of halogens is 3. The van der Waals surface area contributed by atoms with Crippen molar-refractivity contribution < 1.29 is 14.3 Å². The number of β-lactam (4-membered cyclic amide) rings is 1. The average molecular weight is 518 g/mol. The molecule has 4 aromatic rings. The first kappa shape index (κ1) is 22.0. The third kappa shape index (κ3) is 4.15. The zero-order valence-electron chi connectivity index (χ0n) is 16.8. The van der Waals surface area contributed by atoms with E-state index in [-0.39, 0.29) is 5.91 Å². The molecule has 0 saturated carbocycles. The van der Waals surface area contributed by atoms with Gasteiger partial charge >= 0.3 is 0 Å². The third-order valence-electron chi connectivity index (χ3n) is 5.25. The van der Waals surface area contributed by atoms with Crippen molar-refractivity contribution >= 4 is 68.0 Å². The summed E-state index contributed by atoms with van der Waals surface area (Å²) in [6.45, 7) is 0. The van der Waals surface area contributed by atoms with E-state index < -0.39 is 17.3 Å². The maximum absolute atomic E-state index is 13.0. The van der Waals surface area contributed by atoms with Crippen molar-refractivity contribution in [1.29, 1.82) is 0 Å². The van der Waals surface area contributed by atoms with Crippen LogP contribution in [0.15, 0.2) is 72.8 Å². The number of para-hydroxylation sites is 1. The van der Waals surface area contributed by atoms with E-state index in [4.69, 9.17) is 39.5 Å². The fourth-order valence-corrected chi connectivity index (χ4v) is 5.47. The maximum Gasteiger partial charge on any atom is 0.281 e. The summed E-state index contributed by atoms with van der Waals surface area (Å²) >= 11 is 20.0. The zero-order chi connectivity index (χ0) is 23.1. The molecule has 1 saturated heterocycles. The number of thiophene rings is 1. The number of amides is 2. The van der Waals surface area contributed by atoms with Gasteiger partial charge in [0, 0.05) is 15.1 Å². The highest BCUT2D eigenvalue weighted by Gasteiger charge is 2.48. The normalized spacial score (nSPS) is 17.7. The monoisotopic (exact) mass is 516 g/mol. The van der Waals surface area contributed by atoms with Crippen LogP contribution in [0.25, 0.3) is 10.1 Å². The van der Waals surface area contributed by atoms with Gasteiger partial charge in [-0.25, -0.2) is 5.01 Å². The number of carbonyl (C=O) groups excluding carboxylic acids is 2. The Balaban J connectivity index is 1.38. The van der Waals surface area contributed by atoms with Gasteiger partial charge in [-0.05, 0) is 48.0 Å². The molecule has 2 atom stereocenters. The second-order valence-electron chi connectivity index (χ2n) is 7.37. The lowest BCUT2D eigenvalue weighted by Gasteiger charge is -2.43. The summed E-state index contributed by atoms with van der Waals surface area (Å²) in [5, 5.41) is 2.01. The molecule has 0 bridgehead atoms. The van der Waals surface area contributed by atoms with Gasteiger partial charge in [0.05, 0.1) is 5.02 Å². The summed E-state index contributed by atoms with van der Waals surface area (Å²) < 4.78 is 6.69. The number of hydrogen-bond acceptors (Lipinski definition) is 4. The lowest BCUT2D eigenvalue weighted by Crippen LogP contribution is -2.63. The molecule has 1 fully saturated rings. The van der Waals surface area contributed by atoms with Crippen LogP contribution in [0, 0.1) is 0 Å². The number of fused-ring (bicyclic) bond motifs is 1. The van der Waals surface area contributed by atoms with Crippen molar-refractivity contribution in [2.75, 3.05) is 0 Å². The molecule has 1 aliphatic heterocycles. The predicted octanol–water partition coefficient (Wildman–Crippen LogP) is 6.84. The van der Waals surface area contributed by atoms with E-state index in [0.717, 1.165) is 10.3 Å². The maximum atomic E-state index is 13.0. The Bertz CT molecular complexity index is 1360. The summed E-state index contributed by atoms with van der Waals surface area (Å²) in [4.78, 5) is 25.7. The Morgan fingerprint density at radius 1 is 0.970 bits per heavy atom. The fourth-order valence-electron chi connectivity index (χ4n) is 3.60. The molecular formula is C24H15Cl3N2O3S. The summed E-state index contributed by atoms with van der Waals surface area (Å²) in [5.74, 6) is 0.427. The molecule has 166 valence electrons.